The van der Waals surface area contributed by atoms with Crippen LogP contribution in [0.2, 0.25) is 0 Å². The minimum atomic E-state index is 0.335. The fourth-order valence-corrected chi connectivity index (χ4v) is 1.44. The van der Waals surface area contributed by atoms with E-state index < -0.39 is 0 Å². The maximum atomic E-state index is 4.47. The molecule has 0 fully saturated rings. The van der Waals surface area contributed by atoms with E-state index in [-0.39, 0.29) is 0 Å². The van der Waals surface area contributed by atoms with E-state index in [4.69, 9.17) is 0 Å². The number of nitrogens with zero attached hydrogens (tertiary/aromatic N) is 1. The third-order valence-electron chi connectivity index (χ3n) is 2.35. The molecule has 14 heavy (non-hydrogen) atoms. The summed E-state index contributed by atoms with van der Waals surface area (Å²) in [7, 11) is 0. The largest absolute Gasteiger partial charge is 0.286 e. The highest BCUT2D eigenvalue weighted by Gasteiger charge is 2.06. The van der Waals surface area contributed by atoms with Gasteiger partial charge in [-0.25, -0.2) is 0 Å². The van der Waals surface area contributed by atoms with E-state index in [1.54, 1.807) is 0 Å². The fraction of sp³-hybridized carbons (Fsp3) is 0.462. The van der Waals surface area contributed by atoms with Gasteiger partial charge in [-0.3, -0.25) is 4.99 Å². The maximum Gasteiger partial charge on any atom is 0.0684 e. The Kier molecular flexibility index (Phi) is 4.98. The lowest BCUT2D eigenvalue weighted by atomic mass is 9.99. The zero-order valence-electron chi connectivity index (χ0n) is 9.11. The molecule has 0 saturated heterocycles. The van der Waals surface area contributed by atoms with Crippen molar-refractivity contribution in [3.8, 4) is 0 Å². The zero-order valence-corrected chi connectivity index (χ0v) is 9.11. The van der Waals surface area contributed by atoms with Gasteiger partial charge in [-0.15, -0.1) is 0 Å². The summed E-state index contributed by atoms with van der Waals surface area (Å²) in [5.74, 6) is 0. The van der Waals surface area contributed by atoms with E-state index in [9.17, 15) is 0 Å². The first kappa shape index (κ1) is 11.0. The van der Waals surface area contributed by atoms with Crippen LogP contribution < -0.4 is 0 Å². The second-order valence-corrected chi connectivity index (χ2v) is 3.52. The van der Waals surface area contributed by atoms with Gasteiger partial charge in [-0.1, -0.05) is 31.2 Å². The molecule has 1 heteroatoms. The monoisotopic (exact) mass is 189 g/mol. The number of hydrogen-bond donors (Lipinski definition) is 0. The standard InChI is InChI=1S/C13H19N/c1-3-4-8-11-14-12(2)13-9-6-5-7-10-13/h4-6,8-9,11-12H,3,7,10H2,1-2H3/b8-4-,14-11-. The Morgan fingerprint density at radius 3 is 3.07 bits per heavy atom. The van der Waals surface area contributed by atoms with Crippen LogP contribution in [0.3, 0.4) is 0 Å². The maximum absolute atomic E-state index is 4.47. The van der Waals surface area contributed by atoms with Crippen LogP contribution >= 0.6 is 0 Å². The Hall–Kier alpha value is -1.11. The van der Waals surface area contributed by atoms with Crippen LogP contribution in [-0.2, 0) is 0 Å². The van der Waals surface area contributed by atoms with Gasteiger partial charge in [-0.2, -0.15) is 0 Å². The quantitative estimate of drug-likeness (QED) is 0.598. The summed E-state index contributed by atoms with van der Waals surface area (Å²) < 4.78 is 0. The van der Waals surface area contributed by atoms with Crippen molar-refractivity contribution in [2.75, 3.05) is 0 Å². The van der Waals surface area contributed by atoms with Crippen molar-refractivity contribution in [1.29, 1.82) is 0 Å². The van der Waals surface area contributed by atoms with Gasteiger partial charge in [0.1, 0.15) is 0 Å². The number of aliphatic imine (C=N–C) groups is 1. The van der Waals surface area contributed by atoms with Crippen molar-refractivity contribution >= 4 is 6.21 Å². The van der Waals surface area contributed by atoms with Gasteiger partial charge in [-0.05, 0) is 37.8 Å². The topological polar surface area (TPSA) is 12.4 Å². The lowest BCUT2D eigenvalue weighted by Crippen LogP contribution is -2.04. The summed E-state index contributed by atoms with van der Waals surface area (Å²) in [6.07, 6.45) is 16.0. The van der Waals surface area contributed by atoms with Crippen LogP contribution in [0, 0.1) is 0 Å². The third kappa shape index (κ3) is 3.73. The molecule has 1 atom stereocenters. The summed E-state index contributed by atoms with van der Waals surface area (Å²) in [6, 6.07) is 0.335. The predicted molar refractivity (Wildman–Crippen MR) is 63.8 cm³/mol. The van der Waals surface area contributed by atoms with Crippen LogP contribution in [0.1, 0.15) is 33.1 Å². The van der Waals surface area contributed by atoms with Gasteiger partial charge in [0.05, 0.1) is 6.04 Å². The van der Waals surface area contributed by atoms with Crippen molar-refractivity contribution in [2.45, 2.75) is 39.2 Å². The predicted octanol–water partition coefficient (Wildman–Crippen LogP) is 3.69. The molecule has 0 radical (unpaired) electrons. The van der Waals surface area contributed by atoms with Crippen molar-refractivity contribution in [3.05, 3.63) is 36.0 Å². The second kappa shape index (κ2) is 6.36. The third-order valence-corrected chi connectivity index (χ3v) is 2.35. The first-order valence-corrected chi connectivity index (χ1v) is 5.38. The van der Waals surface area contributed by atoms with Gasteiger partial charge in [0.25, 0.3) is 0 Å². The smallest absolute Gasteiger partial charge is 0.0684 e. The fourth-order valence-electron chi connectivity index (χ4n) is 1.44. The van der Waals surface area contributed by atoms with E-state index in [0.717, 1.165) is 19.3 Å². The molecule has 0 aromatic carbocycles. The van der Waals surface area contributed by atoms with Crippen LogP contribution in [0.15, 0.2) is 40.9 Å². The molecular weight excluding hydrogens is 170 g/mol. The lowest BCUT2D eigenvalue weighted by molar-refractivity contribution is 0.786. The molecular formula is C13H19N. The minimum absolute atomic E-state index is 0.335. The molecule has 1 unspecified atom stereocenters. The SMILES string of the molecule is CC/C=C\C=N/C(C)C1=CC=CCC1. The van der Waals surface area contributed by atoms with Gasteiger partial charge in [0.2, 0.25) is 0 Å². The van der Waals surface area contributed by atoms with Crippen LogP contribution in [0.25, 0.3) is 0 Å². The molecule has 0 spiro atoms. The molecule has 0 N–H and O–H groups in total. The molecule has 0 amide bonds. The van der Waals surface area contributed by atoms with Crippen LogP contribution in [0.5, 0.6) is 0 Å². The molecule has 0 aromatic rings. The number of rotatable bonds is 4. The first-order valence-electron chi connectivity index (χ1n) is 5.38. The summed E-state index contributed by atoms with van der Waals surface area (Å²) in [5, 5.41) is 0. The van der Waals surface area contributed by atoms with Crippen LogP contribution in [0.4, 0.5) is 0 Å². The van der Waals surface area contributed by atoms with E-state index in [2.05, 4.69) is 43.1 Å². The van der Waals surface area contributed by atoms with Crippen molar-refractivity contribution in [1.82, 2.24) is 0 Å². The molecule has 0 heterocycles. The number of hydrogen-bond acceptors (Lipinski definition) is 1. The Bertz CT molecular complexity index is 269. The Morgan fingerprint density at radius 2 is 2.43 bits per heavy atom. The summed E-state index contributed by atoms with van der Waals surface area (Å²) in [6.45, 7) is 4.28. The lowest BCUT2D eigenvalue weighted by Gasteiger charge is -2.12. The van der Waals surface area contributed by atoms with E-state index in [1.165, 1.54) is 5.57 Å². The van der Waals surface area contributed by atoms with Crippen molar-refractivity contribution < 1.29 is 0 Å². The summed E-state index contributed by atoms with van der Waals surface area (Å²) in [5.41, 5.74) is 1.44. The normalized spacial score (nSPS) is 19.1. The highest BCUT2D eigenvalue weighted by molar-refractivity contribution is 5.71. The highest BCUT2D eigenvalue weighted by Crippen LogP contribution is 2.17. The average molecular weight is 189 g/mol. The molecule has 0 aliphatic heterocycles. The van der Waals surface area contributed by atoms with E-state index in [0.29, 0.717) is 6.04 Å². The summed E-state index contributed by atoms with van der Waals surface area (Å²) >= 11 is 0. The average Bonchev–Trinajstić information content (AvgIpc) is 2.25. The Balaban J connectivity index is 2.44. The molecule has 0 bridgehead atoms. The molecule has 1 aliphatic carbocycles. The van der Waals surface area contributed by atoms with Gasteiger partial charge in [0.15, 0.2) is 0 Å². The highest BCUT2D eigenvalue weighted by atomic mass is 14.8. The van der Waals surface area contributed by atoms with Gasteiger partial charge >= 0.3 is 0 Å². The molecule has 76 valence electrons. The Labute approximate surface area is 86.9 Å². The molecule has 0 aromatic heterocycles. The van der Waals surface area contributed by atoms with Crippen LogP contribution in [-0.4, -0.2) is 12.3 Å². The number of allylic oxidation sites excluding steroid dienone is 5. The van der Waals surface area contributed by atoms with E-state index in [1.807, 2.05) is 12.3 Å². The Morgan fingerprint density at radius 1 is 1.57 bits per heavy atom. The second-order valence-electron chi connectivity index (χ2n) is 3.52. The molecule has 1 rings (SSSR count). The molecule has 1 nitrogen and oxygen atoms in total. The zero-order chi connectivity index (χ0) is 10.2. The first-order chi connectivity index (χ1) is 6.84. The molecule has 0 saturated carbocycles. The van der Waals surface area contributed by atoms with Gasteiger partial charge < -0.3 is 0 Å². The minimum Gasteiger partial charge on any atom is -0.286 e. The van der Waals surface area contributed by atoms with E-state index >= 15 is 0 Å². The molecule has 1 aliphatic rings. The van der Waals surface area contributed by atoms with Crippen molar-refractivity contribution in [3.63, 3.8) is 0 Å². The summed E-state index contributed by atoms with van der Waals surface area (Å²) in [4.78, 5) is 4.47. The van der Waals surface area contributed by atoms with Gasteiger partial charge in [0, 0.05) is 6.21 Å². The van der Waals surface area contributed by atoms with Crippen molar-refractivity contribution in [2.24, 2.45) is 4.99 Å².